The van der Waals surface area contributed by atoms with E-state index in [9.17, 15) is 4.79 Å². The van der Waals surface area contributed by atoms with E-state index in [1.807, 2.05) is 24.3 Å². The summed E-state index contributed by atoms with van der Waals surface area (Å²) in [7, 11) is 1.89. The predicted molar refractivity (Wildman–Crippen MR) is 68.7 cm³/mol. The highest BCUT2D eigenvalue weighted by Gasteiger charge is 2.11. The van der Waals surface area contributed by atoms with E-state index in [4.69, 9.17) is 0 Å². The summed E-state index contributed by atoms with van der Waals surface area (Å²) in [6.45, 7) is 5.97. The third kappa shape index (κ3) is 4.59. The van der Waals surface area contributed by atoms with Gasteiger partial charge in [0.15, 0.2) is 0 Å². The number of amides is 1. The second-order valence-corrected chi connectivity index (χ2v) is 4.40. The fourth-order valence-electron chi connectivity index (χ4n) is 1.91. The zero-order valence-corrected chi connectivity index (χ0v) is 11.1. The van der Waals surface area contributed by atoms with Crippen molar-refractivity contribution < 1.29 is 4.79 Å². The molecule has 0 radical (unpaired) electrons. The van der Waals surface area contributed by atoms with E-state index in [0.29, 0.717) is 6.42 Å². The monoisotopic (exact) mass is 237 g/mol. The summed E-state index contributed by atoms with van der Waals surface area (Å²) < 4.78 is 1.77. The lowest BCUT2D eigenvalue weighted by atomic mass is 10.2. The van der Waals surface area contributed by atoms with Crippen LogP contribution in [-0.2, 0) is 18.3 Å². The highest BCUT2D eigenvalue weighted by Crippen LogP contribution is 2.05. The highest BCUT2D eigenvalue weighted by molar-refractivity contribution is 5.76. The van der Waals surface area contributed by atoms with Gasteiger partial charge in [-0.3, -0.25) is 9.48 Å². The third-order valence-corrected chi connectivity index (χ3v) is 2.73. The second-order valence-electron chi connectivity index (χ2n) is 4.40. The van der Waals surface area contributed by atoms with Gasteiger partial charge in [0.1, 0.15) is 0 Å². The lowest BCUT2D eigenvalue weighted by Gasteiger charge is -2.21. The van der Waals surface area contributed by atoms with Gasteiger partial charge >= 0.3 is 0 Å². The SMILES string of the molecule is CCCN(CCC)C(=O)CCc1cnn(C)c1. The number of carbonyl (C=O) groups excluding carboxylic acids is 1. The van der Waals surface area contributed by atoms with E-state index in [-0.39, 0.29) is 5.91 Å². The number of aromatic nitrogens is 2. The minimum Gasteiger partial charge on any atom is -0.343 e. The molecule has 1 aromatic rings. The Bertz CT molecular complexity index is 340. The van der Waals surface area contributed by atoms with E-state index in [1.54, 1.807) is 4.68 Å². The van der Waals surface area contributed by atoms with E-state index < -0.39 is 0 Å². The average molecular weight is 237 g/mol. The first-order valence-electron chi connectivity index (χ1n) is 6.42. The topological polar surface area (TPSA) is 38.1 Å². The second kappa shape index (κ2) is 7.09. The van der Waals surface area contributed by atoms with Crippen LogP contribution in [0, 0.1) is 0 Å². The van der Waals surface area contributed by atoms with Gasteiger partial charge in [0.2, 0.25) is 5.91 Å². The van der Waals surface area contributed by atoms with E-state index >= 15 is 0 Å². The molecule has 0 saturated heterocycles. The minimum absolute atomic E-state index is 0.262. The van der Waals surface area contributed by atoms with Crippen molar-refractivity contribution in [3.63, 3.8) is 0 Å². The van der Waals surface area contributed by atoms with Gasteiger partial charge in [0.05, 0.1) is 6.20 Å². The van der Waals surface area contributed by atoms with Gasteiger partial charge in [0, 0.05) is 32.8 Å². The van der Waals surface area contributed by atoms with Gasteiger partial charge in [-0.25, -0.2) is 0 Å². The zero-order valence-electron chi connectivity index (χ0n) is 11.1. The maximum Gasteiger partial charge on any atom is 0.222 e. The fourth-order valence-corrected chi connectivity index (χ4v) is 1.91. The van der Waals surface area contributed by atoms with E-state index in [1.165, 1.54) is 0 Å². The summed E-state index contributed by atoms with van der Waals surface area (Å²) >= 11 is 0. The van der Waals surface area contributed by atoms with Gasteiger partial charge in [0.25, 0.3) is 0 Å². The van der Waals surface area contributed by atoms with Crippen LogP contribution < -0.4 is 0 Å². The molecule has 0 aliphatic rings. The van der Waals surface area contributed by atoms with Crippen molar-refractivity contribution in [1.82, 2.24) is 14.7 Å². The number of rotatable bonds is 7. The Morgan fingerprint density at radius 2 is 2.00 bits per heavy atom. The molecule has 1 heterocycles. The Morgan fingerprint density at radius 1 is 1.35 bits per heavy atom. The number of carbonyl (C=O) groups is 1. The molecule has 0 saturated carbocycles. The van der Waals surface area contributed by atoms with Gasteiger partial charge in [-0.2, -0.15) is 5.10 Å². The maximum absolute atomic E-state index is 12.0. The molecule has 0 bridgehead atoms. The molecule has 4 nitrogen and oxygen atoms in total. The normalized spacial score (nSPS) is 10.5. The van der Waals surface area contributed by atoms with Crippen LogP contribution in [0.3, 0.4) is 0 Å². The smallest absolute Gasteiger partial charge is 0.222 e. The summed E-state index contributed by atoms with van der Waals surface area (Å²) in [6.07, 6.45) is 7.23. The first-order chi connectivity index (χ1) is 8.17. The molecule has 1 rings (SSSR count). The van der Waals surface area contributed by atoms with Crippen molar-refractivity contribution in [2.45, 2.75) is 39.5 Å². The fraction of sp³-hybridized carbons (Fsp3) is 0.692. The van der Waals surface area contributed by atoms with Crippen molar-refractivity contribution in [2.24, 2.45) is 7.05 Å². The lowest BCUT2D eigenvalue weighted by Crippen LogP contribution is -2.32. The summed E-state index contributed by atoms with van der Waals surface area (Å²) in [6, 6.07) is 0. The lowest BCUT2D eigenvalue weighted by molar-refractivity contribution is -0.131. The molecule has 0 aliphatic carbocycles. The molecule has 17 heavy (non-hydrogen) atoms. The quantitative estimate of drug-likeness (QED) is 0.727. The molecule has 0 unspecified atom stereocenters. The Kier molecular flexibility index (Phi) is 5.73. The molecule has 1 amide bonds. The summed E-state index contributed by atoms with van der Waals surface area (Å²) in [5.41, 5.74) is 1.13. The number of aryl methyl sites for hydroxylation is 2. The average Bonchev–Trinajstić information content (AvgIpc) is 2.72. The molecule has 0 spiro atoms. The largest absolute Gasteiger partial charge is 0.343 e. The van der Waals surface area contributed by atoms with Crippen molar-refractivity contribution >= 4 is 5.91 Å². The van der Waals surface area contributed by atoms with Crippen LogP contribution in [0.25, 0.3) is 0 Å². The van der Waals surface area contributed by atoms with Crippen molar-refractivity contribution in [1.29, 1.82) is 0 Å². The van der Waals surface area contributed by atoms with E-state index in [2.05, 4.69) is 18.9 Å². The molecule has 96 valence electrons. The van der Waals surface area contributed by atoms with Crippen molar-refractivity contribution in [3.8, 4) is 0 Å². The van der Waals surface area contributed by atoms with Gasteiger partial charge in [-0.05, 0) is 24.8 Å². The highest BCUT2D eigenvalue weighted by atomic mass is 16.2. The number of hydrogen-bond acceptors (Lipinski definition) is 2. The molecule has 0 fully saturated rings. The molecule has 1 aromatic heterocycles. The van der Waals surface area contributed by atoms with Gasteiger partial charge in [-0.1, -0.05) is 13.8 Å². The molecule has 0 aliphatic heterocycles. The molecule has 0 N–H and O–H groups in total. The molecule has 0 atom stereocenters. The number of hydrogen-bond donors (Lipinski definition) is 0. The van der Waals surface area contributed by atoms with Crippen LogP contribution in [0.5, 0.6) is 0 Å². The Labute approximate surface area is 104 Å². The van der Waals surface area contributed by atoms with Gasteiger partial charge < -0.3 is 4.90 Å². The Morgan fingerprint density at radius 3 is 2.47 bits per heavy atom. The first kappa shape index (κ1) is 13.7. The van der Waals surface area contributed by atoms with Crippen LogP contribution in [-0.4, -0.2) is 33.7 Å². The summed E-state index contributed by atoms with van der Waals surface area (Å²) in [4.78, 5) is 14.0. The zero-order chi connectivity index (χ0) is 12.7. The van der Waals surface area contributed by atoms with Crippen molar-refractivity contribution in [3.05, 3.63) is 18.0 Å². The van der Waals surface area contributed by atoms with Crippen molar-refractivity contribution in [2.75, 3.05) is 13.1 Å². The van der Waals surface area contributed by atoms with Crippen LogP contribution in [0.1, 0.15) is 38.7 Å². The van der Waals surface area contributed by atoms with E-state index in [0.717, 1.165) is 37.9 Å². The Balaban J connectivity index is 2.41. The maximum atomic E-state index is 12.0. The molecular weight excluding hydrogens is 214 g/mol. The summed E-state index contributed by atoms with van der Waals surface area (Å²) in [5, 5.41) is 4.10. The van der Waals surface area contributed by atoms with Crippen LogP contribution >= 0.6 is 0 Å². The third-order valence-electron chi connectivity index (χ3n) is 2.73. The summed E-state index contributed by atoms with van der Waals surface area (Å²) in [5.74, 6) is 0.262. The van der Waals surface area contributed by atoms with Crippen LogP contribution in [0.2, 0.25) is 0 Å². The minimum atomic E-state index is 0.262. The number of nitrogens with zero attached hydrogens (tertiary/aromatic N) is 3. The standard InChI is InChI=1S/C13H23N3O/c1-4-8-16(9-5-2)13(17)7-6-12-10-14-15(3)11-12/h10-11H,4-9H2,1-3H3. The van der Waals surface area contributed by atoms with Crippen LogP contribution in [0.4, 0.5) is 0 Å². The molecule has 4 heteroatoms. The Hall–Kier alpha value is -1.32. The first-order valence-corrected chi connectivity index (χ1v) is 6.42. The predicted octanol–water partition coefficient (Wildman–Crippen LogP) is 2.00. The molecule has 0 aromatic carbocycles. The van der Waals surface area contributed by atoms with Gasteiger partial charge in [-0.15, -0.1) is 0 Å². The molecular formula is C13H23N3O. The van der Waals surface area contributed by atoms with Crippen LogP contribution in [0.15, 0.2) is 12.4 Å².